The van der Waals surface area contributed by atoms with Crippen molar-refractivity contribution in [1.82, 2.24) is 5.43 Å². The molecular formula is C16H20N2O. The summed E-state index contributed by atoms with van der Waals surface area (Å²) in [7, 11) is 0. The number of benzene rings is 1. The van der Waals surface area contributed by atoms with Gasteiger partial charge in [0.15, 0.2) is 0 Å². The molecule has 0 spiro atoms. The van der Waals surface area contributed by atoms with Gasteiger partial charge in [-0.05, 0) is 42.6 Å². The third-order valence-electron chi connectivity index (χ3n) is 4.46. The van der Waals surface area contributed by atoms with Gasteiger partial charge in [0.2, 0.25) is 5.91 Å². The Labute approximate surface area is 114 Å². The van der Waals surface area contributed by atoms with Crippen LogP contribution in [0.15, 0.2) is 35.4 Å². The molecule has 19 heavy (non-hydrogen) atoms. The minimum Gasteiger partial charge on any atom is -0.273 e. The highest BCUT2D eigenvalue weighted by Gasteiger charge is 2.38. The maximum Gasteiger partial charge on any atom is 0.244 e. The van der Waals surface area contributed by atoms with Crippen LogP contribution in [0.5, 0.6) is 0 Å². The van der Waals surface area contributed by atoms with E-state index in [0.717, 1.165) is 17.4 Å². The van der Waals surface area contributed by atoms with Crippen molar-refractivity contribution < 1.29 is 4.79 Å². The molecule has 1 aromatic rings. The van der Waals surface area contributed by atoms with Crippen molar-refractivity contribution in [2.24, 2.45) is 22.9 Å². The number of carbonyl (C=O) groups is 1. The molecule has 0 radical (unpaired) electrons. The SMILES string of the molecule is O=C(Cc1ccccc1)NN=CC1CC2CCC1C2. The van der Waals surface area contributed by atoms with Gasteiger partial charge in [-0.15, -0.1) is 0 Å². The molecule has 0 aromatic heterocycles. The van der Waals surface area contributed by atoms with Crippen molar-refractivity contribution >= 4 is 12.1 Å². The number of amides is 1. The minimum absolute atomic E-state index is 0.0365. The number of fused-ring (bicyclic) bond motifs is 2. The zero-order valence-corrected chi connectivity index (χ0v) is 11.1. The van der Waals surface area contributed by atoms with Gasteiger partial charge in [-0.2, -0.15) is 5.10 Å². The molecule has 3 atom stereocenters. The molecule has 3 heteroatoms. The maximum absolute atomic E-state index is 11.7. The Hall–Kier alpha value is -1.64. The van der Waals surface area contributed by atoms with Crippen LogP contribution in [0.3, 0.4) is 0 Å². The largest absolute Gasteiger partial charge is 0.273 e. The lowest BCUT2D eigenvalue weighted by molar-refractivity contribution is -0.120. The number of nitrogens with zero attached hydrogens (tertiary/aromatic N) is 1. The van der Waals surface area contributed by atoms with Crippen LogP contribution >= 0.6 is 0 Å². The van der Waals surface area contributed by atoms with Crippen molar-refractivity contribution in [2.75, 3.05) is 0 Å². The van der Waals surface area contributed by atoms with Crippen LogP contribution in [0.1, 0.15) is 31.2 Å². The van der Waals surface area contributed by atoms with Crippen molar-refractivity contribution in [3.8, 4) is 0 Å². The molecule has 3 rings (SSSR count). The van der Waals surface area contributed by atoms with Crippen molar-refractivity contribution in [1.29, 1.82) is 0 Å². The molecular weight excluding hydrogens is 236 g/mol. The quantitative estimate of drug-likeness (QED) is 0.653. The van der Waals surface area contributed by atoms with Crippen molar-refractivity contribution in [2.45, 2.75) is 32.1 Å². The zero-order chi connectivity index (χ0) is 13.1. The first-order valence-corrected chi connectivity index (χ1v) is 7.17. The van der Waals surface area contributed by atoms with Gasteiger partial charge in [-0.25, -0.2) is 5.43 Å². The highest BCUT2D eigenvalue weighted by molar-refractivity contribution is 5.79. The summed E-state index contributed by atoms with van der Waals surface area (Å²) in [4.78, 5) is 11.7. The van der Waals surface area contributed by atoms with Crippen LogP contribution in [-0.2, 0) is 11.2 Å². The summed E-state index contributed by atoms with van der Waals surface area (Å²) in [5.74, 6) is 2.29. The Bertz CT molecular complexity index is 469. The Kier molecular flexibility index (Phi) is 3.62. The van der Waals surface area contributed by atoms with Crippen molar-refractivity contribution in [3.63, 3.8) is 0 Å². The van der Waals surface area contributed by atoms with Crippen LogP contribution < -0.4 is 5.43 Å². The standard InChI is InChI=1S/C16H20N2O/c19-16(10-12-4-2-1-3-5-12)18-17-11-15-9-13-6-7-14(15)8-13/h1-5,11,13-15H,6-10H2,(H,18,19). The number of rotatable bonds is 4. The van der Waals surface area contributed by atoms with Gasteiger partial charge in [0, 0.05) is 6.21 Å². The summed E-state index contributed by atoms with van der Waals surface area (Å²) in [6, 6.07) is 9.76. The van der Waals surface area contributed by atoms with E-state index in [2.05, 4.69) is 10.5 Å². The fourth-order valence-corrected chi connectivity index (χ4v) is 3.50. The number of hydrazone groups is 1. The Balaban J connectivity index is 1.46. The minimum atomic E-state index is -0.0365. The predicted molar refractivity (Wildman–Crippen MR) is 75.7 cm³/mol. The first kappa shape index (κ1) is 12.4. The average Bonchev–Trinajstić information content (AvgIpc) is 3.02. The van der Waals surface area contributed by atoms with Crippen molar-refractivity contribution in [3.05, 3.63) is 35.9 Å². The second kappa shape index (κ2) is 5.55. The van der Waals surface area contributed by atoms with Gasteiger partial charge < -0.3 is 0 Å². The molecule has 0 heterocycles. The van der Waals surface area contributed by atoms with E-state index in [-0.39, 0.29) is 5.91 Å². The first-order chi connectivity index (χ1) is 9.31. The summed E-state index contributed by atoms with van der Waals surface area (Å²) in [5.41, 5.74) is 3.67. The Morgan fingerprint density at radius 2 is 2.11 bits per heavy atom. The average molecular weight is 256 g/mol. The van der Waals surface area contributed by atoms with Gasteiger partial charge in [0.05, 0.1) is 6.42 Å². The molecule has 1 aromatic carbocycles. The smallest absolute Gasteiger partial charge is 0.244 e. The molecule has 3 unspecified atom stereocenters. The van der Waals surface area contributed by atoms with E-state index < -0.39 is 0 Å². The van der Waals surface area contributed by atoms with Crippen LogP contribution in [0.2, 0.25) is 0 Å². The second-order valence-corrected chi connectivity index (χ2v) is 5.81. The van der Waals surface area contributed by atoms with Crippen LogP contribution in [0, 0.1) is 17.8 Å². The lowest BCUT2D eigenvalue weighted by Gasteiger charge is -2.16. The molecule has 2 fully saturated rings. The number of nitrogens with one attached hydrogen (secondary N) is 1. The summed E-state index contributed by atoms with van der Waals surface area (Å²) in [5, 5.41) is 4.14. The van der Waals surface area contributed by atoms with E-state index >= 15 is 0 Å². The third-order valence-corrected chi connectivity index (χ3v) is 4.46. The molecule has 2 aliphatic carbocycles. The molecule has 0 aliphatic heterocycles. The molecule has 2 aliphatic rings. The molecule has 2 saturated carbocycles. The van der Waals surface area contributed by atoms with Gasteiger partial charge in [-0.3, -0.25) is 4.79 Å². The molecule has 2 bridgehead atoms. The van der Waals surface area contributed by atoms with E-state index in [0.29, 0.717) is 12.3 Å². The van der Waals surface area contributed by atoms with Gasteiger partial charge in [-0.1, -0.05) is 36.8 Å². The Morgan fingerprint density at radius 1 is 1.26 bits per heavy atom. The lowest BCUT2D eigenvalue weighted by Crippen LogP contribution is -2.21. The molecule has 1 amide bonds. The number of hydrogen-bond acceptors (Lipinski definition) is 2. The highest BCUT2D eigenvalue weighted by Crippen LogP contribution is 2.47. The third kappa shape index (κ3) is 3.03. The van der Waals surface area contributed by atoms with Crippen LogP contribution in [0.4, 0.5) is 0 Å². The predicted octanol–water partition coefficient (Wildman–Crippen LogP) is 2.77. The lowest BCUT2D eigenvalue weighted by atomic mass is 9.90. The topological polar surface area (TPSA) is 41.5 Å². The summed E-state index contributed by atoms with van der Waals surface area (Å²) in [6.07, 6.45) is 7.74. The molecule has 0 saturated heterocycles. The summed E-state index contributed by atoms with van der Waals surface area (Å²) < 4.78 is 0. The van der Waals surface area contributed by atoms with Gasteiger partial charge in [0.1, 0.15) is 0 Å². The maximum atomic E-state index is 11.7. The summed E-state index contributed by atoms with van der Waals surface area (Å²) >= 11 is 0. The van der Waals surface area contributed by atoms with E-state index in [1.807, 2.05) is 36.5 Å². The molecule has 1 N–H and O–H groups in total. The van der Waals surface area contributed by atoms with Gasteiger partial charge in [0.25, 0.3) is 0 Å². The normalized spacial score (nSPS) is 28.9. The highest BCUT2D eigenvalue weighted by atomic mass is 16.2. The van der Waals surface area contributed by atoms with E-state index in [4.69, 9.17) is 0 Å². The van der Waals surface area contributed by atoms with Gasteiger partial charge >= 0.3 is 0 Å². The summed E-state index contributed by atoms with van der Waals surface area (Å²) in [6.45, 7) is 0. The van der Waals surface area contributed by atoms with E-state index in [1.54, 1.807) is 0 Å². The monoisotopic (exact) mass is 256 g/mol. The van der Waals surface area contributed by atoms with E-state index in [1.165, 1.54) is 25.7 Å². The van der Waals surface area contributed by atoms with Crippen LogP contribution in [0.25, 0.3) is 0 Å². The zero-order valence-electron chi connectivity index (χ0n) is 11.1. The number of carbonyl (C=O) groups excluding carboxylic acids is 1. The fourth-order valence-electron chi connectivity index (χ4n) is 3.50. The Morgan fingerprint density at radius 3 is 2.79 bits per heavy atom. The fraction of sp³-hybridized carbons (Fsp3) is 0.500. The first-order valence-electron chi connectivity index (χ1n) is 7.17. The second-order valence-electron chi connectivity index (χ2n) is 5.81. The van der Waals surface area contributed by atoms with E-state index in [9.17, 15) is 4.79 Å². The molecule has 100 valence electrons. The number of hydrogen-bond donors (Lipinski definition) is 1. The van der Waals surface area contributed by atoms with Crippen LogP contribution in [-0.4, -0.2) is 12.1 Å². The molecule has 3 nitrogen and oxygen atoms in total.